The molecule has 10 nitrogen and oxygen atoms in total. The van der Waals surface area contributed by atoms with Crippen molar-refractivity contribution in [2.24, 2.45) is 0 Å². The van der Waals surface area contributed by atoms with Crippen LogP contribution in [0.2, 0.25) is 0 Å². The first kappa shape index (κ1) is 28.7. The van der Waals surface area contributed by atoms with Gasteiger partial charge in [-0.1, -0.05) is 6.07 Å². The van der Waals surface area contributed by atoms with Crippen molar-refractivity contribution in [3.05, 3.63) is 65.9 Å². The Hall–Kier alpha value is -4.43. The maximum absolute atomic E-state index is 13.0. The van der Waals surface area contributed by atoms with E-state index in [9.17, 15) is 15.2 Å². The van der Waals surface area contributed by atoms with Crippen LogP contribution in [0.15, 0.2) is 59.1 Å². The Morgan fingerprint density at radius 1 is 1.09 bits per heavy atom. The predicted molar refractivity (Wildman–Crippen MR) is 160 cm³/mol. The summed E-state index contributed by atoms with van der Waals surface area (Å²) in [5.41, 5.74) is 4.35. The number of aliphatic hydroxyl groups excluding tert-OH is 1. The smallest absolute Gasteiger partial charge is 0.251 e. The summed E-state index contributed by atoms with van der Waals surface area (Å²) in [5.74, 6) is 1.29. The van der Waals surface area contributed by atoms with Gasteiger partial charge < -0.3 is 34.0 Å². The molecule has 222 valence electrons. The van der Waals surface area contributed by atoms with Gasteiger partial charge in [-0.3, -0.25) is 9.78 Å². The van der Waals surface area contributed by atoms with Gasteiger partial charge in [-0.15, -0.1) is 0 Å². The van der Waals surface area contributed by atoms with Gasteiger partial charge in [-0.25, -0.2) is 0 Å². The molecule has 10 heteroatoms. The molecule has 0 saturated carbocycles. The van der Waals surface area contributed by atoms with Crippen molar-refractivity contribution in [1.82, 2.24) is 15.2 Å². The molecule has 2 aliphatic rings. The number of fused-ring (bicyclic) bond motifs is 1. The largest absolute Gasteiger partial charge is 0.496 e. The van der Waals surface area contributed by atoms with Crippen LogP contribution in [0, 0.1) is 11.3 Å². The molecule has 2 N–H and O–H groups in total. The number of furan rings is 1. The topological polar surface area (TPSA) is 130 Å². The molecule has 0 aliphatic carbocycles. The number of rotatable bonds is 7. The van der Waals surface area contributed by atoms with E-state index in [1.807, 2.05) is 36.2 Å². The normalized spacial score (nSPS) is 19.6. The summed E-state index contributed by atoms with van der Waals surface area (Å²) in [5, 5.41) is 23.2. The number of nitrogens with zero attached hydrogens (tertiary/aromatic N) is 3. The quantitative estimate of drug-likeness (QED) is 0.326. The molecule has 4 aromatic rings. The molecular formula is C33H34N4O6. The lowest BCUT2D eigenvalue weighted by Crippen LogP contribution is -2.53. The number of hydrogen-bond acceptors (Lipinski definition) is 9. The van der Waals surface area contributed by atoms with Crippen LogP contribution in [0.5, 0.6) is 11.5 Å². The van der Waals surface area contributed by atoms with Gasteiger partial charge in [-0.2, -0.15) is 5.26 Å². The second kappa shape index (κ2) is 12.4. The van der Waals surface area contributed by atoms with E-state index in [0.717, 1.165) is 30.5 Å². The zero-order chi connectivity index (χ0) is 29.9. The van der Waals surface area contributed by atoms with Gasteiger partial charge in [0.05, 0.1) is 43.6 Å². The van der Waals surface area contributed by atoms with E-state index >= 15 is 0 Å². The summed E-state index contributed by atoms with van der Waals surface area (Å²) in [4.78, 5) is 19.6. The van der Waals surface area contributed by atoms with Crippen LogP contribution in [0.1, 0.15) is 35.2 Å². The van der Waals surface area contributed by atoms with Crippen molar-refractivity contribution in [2.45, 2.75) is 37.5 Å². The molecule has 2 aromatic heterocycles. The molecule has 2 saturated heterocycles. The molecule has 2 fully saturated rings. The number of nitrogens with one attached hydrogen (secondary N) is 1. The molecule has 0 bridgehead atoms. The van der Waals surface area contributed by atoms with Crippen LogP contribution >= 0.6 is 0 Å². The van der Waals surface area contributed by atoms with Crippen LogP contribution in [0.25, 0.3) is 33.6 Å². The Morgan fingerprint density at radius 3 is 2.70 bits per heavy atom. The highest BCUT2D eigenvalue weighted by Crippen LogP contribution is 2.38. The molecule has 2 aliphatic heterocycles. The minimum Gasteiger partial charge on any atom is -0.496 e. The van der Waals surface area contributed by atoms with Crippen molar-refractivity contribution in [3.8, 4) is 40.0 Å². The Morgan fingerprint density at radius 2 is 1.93 bits per heavy atom. The van der Waals surface area contributed by atoms with Crippen LogP contribution in [-0.2, 0) is 4.74 Å². The summed E-state index contributed by atoms with van der Waals surface area (Å²) in [6.07, 6.45) is 3.38. The summed E-state index contributed by atoms with van der Waals surface area (Å²) >= 11 is 0. The number of aliphatic hydroxyl groups is 1. The number of likely N-dealkylation sites (N-methyl/N-ethyl adjacent to an activating group) is 1. The van der Waals surface area contributed by atoms with E-state index in [2.05, 4.69) is 16.4 Å². The molecule has 1 amide bonds. The second-order valence-corrected chi connectivity index (χ2v) is 11.0. The van der Waals surface area contributed by atoms with Gasteiger partial charge in [0.15, 0.2) is 5.58 Å². The lowest BCUT2D eigenvalue weighted by atomic mass is 10.0. The minimum atomic E-state index is -0.624. The van der Waals surface area contributed by atoms with Crippen molar-refractivity contribution in [2.75, 3.05) is 40.5 Å². The van der Waals surface area contributed by atoms with E-state index in [1.165, 1.54) is 0 Å². The van der Waals surface area contributed by atoms with E-state index < -0.39 is 6.10 Å². The SMILES string of the molecule is COc1cc(C(=O)NC2CCN(C)CC2O)ccc1-c1cc2nccc(-c3ccc(OC4CCOCC4)c(C#N)c3)c2o1. The Labute approximate surface area is 249 Å². The summed E-state index contributed by atoms with van der Waals surface area (Å²) in [7, 11) is 3.49. The van der Waals surface area contributed by atoms with Gasteiger partial charge in [-0.05, 0) is 62.0 Å². The number of carbonyl (C=O) groups excluding carboxylic acids is 1. The van der Waals surface area contributed by atoms with Crippen LogP contribution < -0.4 is 14.8 Å². The predicted octanol–water partition coefficient (Wildman–Crippen LogP) is 4.39. The zero-order valence-electron chi connectivity index (χ0n) is 24.2. The molecule has 4 heterocycles. The standard InChI is InChI=1S/C33H34N4O6/c1-37-12-8-26(28(38)19-37)36-33(39)21-3-5-25(30(16-21)40-2)31-17-27-32(43-31)24(7-11-35-27)20-4-6-29(22(15-20)18-34)42-23-9-13-41-14-10-23/h3-7,11,15-17,23,26,28,38H,8-10,12-14,19H2,1-2H3,(H,36,39). The Kier molecular flexibility index (Phi) is 8.29. The molecule has 0 spiro atoms. The number of hydrogen-bond donors (Lipinski definition) is 2. The number of pyridine rings is 1. The van der Waals surface area contributed by atoms with Gasteiger partial charge in [0.1, 0.15) is 34.9 Å². The molecule has 0 radical (unpaired) electrons. The maximum Gasteiger partial charge on any atom is 0.251 e. The zero-order valence-corrected chi connectivity index (χ0v) is 24.2. The highest BCUT2D eigenvalue weighted by atomic mass is 16.5. The van der Waals surface area contributed by atoms with E-state index in [1.54, 1.807) is 37.6 Å². The molecule has 43 heavy (non-hydrogen) atoms. The van der Waals surface area contributed by atoms with Crippen LogP contribution in [-0.4, -0.2) is 79.6 Å². The second-order valence-electron chi connectivity index (χ2n) is 11.0. The number of likely N-dealkylation sites (tertiary alicyclic amines) is 1. The molecule has 6 rings (SSSR count). The highest BCUT2D eigenvalue weighted by Gasteiger charge is 2.28. The fraction of sp³-hybridized carbons (Fsp3) is 0.364. The Balaban J connectivity index is 1.26. The number of benzene rings is 2. The number of piperidine rings is 1. The summed E-state index contributed by atoms with van der Waals surface area (Å²) in [6, 6.07) is 16.4. The number of ether oxygens (including phenoxy) is 3. The first-order valence-corrected chi connectivity index (χ1v) is 14.5. The molecular weight excluding hydrogens is 548 g/mol. The fourth-order valence-corrected chi connectivity index (χ4v) is 5.70. The van der Waals surface area contributed by atoms with E-state index in [4.69, 9.17) is 18.6 Å². The Bertz CT molecular complexity index is 1670. The lowest BCUT2D eigenvalue weighted by Gasteiger charge is -2.34. The minimum absolute atomic E-state index is 0.0280. The maximum atomic E-state index is 13.0. The van der Waals surface area contributed by atoms with Crippen LogP contribution in [0.3, 0.4) is 0 Å². The first-order chi connectivity index (χ1) is 20.9. The van der Waals surface area contributed by atoms with Crippen molar-refractivity contribution in [3.63, 3.8) is 0 Å². The first-order valence-electron chi connectivity index (χ1n) is 14.5. The molecule has 2 atom stereocenters. The van der Waals surface area contributed by atoms with Gasteiger partial charge in [0, 0.05) is 42.8 Å². The summed E-state index contributed by atoms with van der Waals surface area (Å²) < 4.78 is 23.5. The van der Waals surface area contributed by atoms with Crippen LogP contribution in [0.4, 0.5) is 0 Å². The third-order valence-corrected chi connectivity index (χ3v) is 8.12. The number of carbonyl (C=O) groups is 1. The third kappa shape index (κ3) is 6.06. The number of amides is 1. The fourth-order valence-electron chi connectivity index (χ4n) is 5.70. The van der Waals surface area contributed by atoms with E-state index in [0.29, 0.717) is 71.2 Å². The van der Waals surface area contributed by atoms with Crippen molar-refractivity contribution in [1.29, 1.82) is 5.26 Å². The lowest BCUT2D eigenvalue weighted by molar-refractivity contribution is 0.0254. The van der Waals surface area contributed by atoms with Crippen molar-refractivity contribution < 1.29 is 28.5 Å². The van der Waals surface area contributed by atoms with Gasteiger partial charge >= 0.3 is 0 Å². The molecule has 2 aromatic carbocycles. The van der Waals surface area contributed by atoms with Crippen molar-refractivity contribution >= 4 is 17.0 Å². The number of aromatic nitrogens is 1. The van der Waals surface area contributed by atoms with Gasteiger partial charge in [0.25, 0.3) is 5.91 Å². The number of methoxy groups -OCH3 is 1. The highest BCUT2D eigenvalue weighted by molar-refractivity contribution is 5.97. The van der Waals surface area contributed by atoms with E-state index in [-0.39, 0.29) is 18.1 Å². The number of β-amino-alcohol motifs (C(OH)–C–C–N with tert-alkyl or cyclic N) is 1. The third-order valence-electron chi connectivity index (χ3n) is 8.12. The van der Waals surface area contributed by atoms with Gasteiger partial charge in [0.2, 0.25) is 0 Å². The molecule has 2 unspecified atom stereocenters. The summed E-state index contributed by atoms with van der Waals surface area (Å²) in [6.45, 7) is 2.63. The monoisotopic (exact) mass is 582 g/mol. The average Bonchev–Trinajstić information content (AvgIpc) is 3.47. The average molecular weight is 583 g/mol. The number of nitriles is 1.